The van der Waals surface area contributed by atoms with Crippen molar-refractivity contribution in [3.05, 3.63) is 47.0 Å². The summed E-state index contributed by atoms with van der Waals surface area (Å²) in [5.74, 6) is 2.30. The lowest BCUT2D eigenvalue weighted by atomic mass is 9.69. The highest BCUT2D eigenvalue weighted by molar-refractivity contribution is 5.80. The number of halogens is 3. The minimum atomic E-state index is -4.34. The minimum Gasteiger partial charge on any atom is -0.356 e. The molecule has 2 N–H and O–H groups in total. The van der Waals surface area contributed by atoms with Gasteiger partial charge in [-0.25, -0.2) is 9.67 Å². The molecule has 0 amide bonds. The van der Waals surface area contributed by atoms with Crippen LogP contribution in [0.5, 0.6) is 0 Å². The van der Waals surface area contributed by atoms with Gasteiger partial charge in [-0.2, -0.15) is 18.3 Å². The molecule has 32 heavy (non-hydrogen) atoms. The van der Waals surface area contributed by atoms with E-state index in [4.69, 9.17) is 0 Å². The summed E-state index contributed by atoms with van der Waals surface area (Å²) in [6.07, 6.45) is 2.43. The number of aryl methyl sites for hydroxylation is 2. The fourth-order valence-corrected chi connectivity index (χ4v) is 5.04. The van der Waals surface area contributed by atoms with Crippen molar-refractivity contribution in [2.45, 2.75) is 76.0 Å². The smallest absolute Gasteiger partial charge is 0.356 e. The van der Waals surface area contributed by atoms with Gasteiger partial charge >= 0.3 is 6.18 Å². The quantitative estimate of drug-likeness (QED) is 0.534. The molecule has 1 atom stereocenters. The molecule has 2 aliphatic rings. The summed E-state index contributed by atoms with van der Waals surface area (Å²) < 4.78 is 42.0. The molecule has 1 unspecified atom stereocenters. The molecule has 0 radical (unpaired) electrons. The number of alkyl halides is 3. The van der Waals surface area contributed by atoms with Crippen LogP contribution >= 0.6 is 0 Å². The number of hydrogen-bond donors (Lipinski definition) is 2. The van der Waals surface area contributed by atoms with Crippen LogP contribution in [0.25, 0.3) is 0 Å². The zero-order valence-electron chi connectivity index (χ0n) is 18.7. The molecule has 0 bridgehead atoms. The molecular weight excluding hydrogens is 417 g/mol. The first-order valence-electron chi connectivity index (χ1n) is 11.4. The highest BCUT2D eigenvalue weighted by Crippen LogP contribution is 2.41. The zero-order valence-corrected chi connectivity index (χ0v) is 18.7. The lowest BCUT2D eigenvalue weighted by Gasteiger charge is -2.39. The van der Waals surface area contributed by atoms with Crippen molar-refractivity contribution in [1.29, 1.82) is 0 Å². The third-order valence-corrected chi connectivity index (χ3v) is 6.72. The average molecular weight is 449 g/mol. The second-order valence-electron chi connectivity index (χ2n) is 8.92. The number of aromatic nitrogens is 3. The van der Waals surface area contributed by atoms with Gasteiger partial charge in [0, 0.05) is 25.6 Å². The van der Waals surface area contributed by atoms with Crippen LogP contribution in [0, 0.1) is 6.92 Å². The van der Waals surface area contributed by atoms with Crippen molar-refractivity contribution >= 4 is 5.96 Å². The van der Waals surface area contributed by atoms with Gasteiger partial charge in [-0.15, -0.1) is 0 Å². The predicted octanol–water partition coefficient (Wildman–Crippen LogP) is 4.51. The van der Waals surface area contributed by atoms with E-state index in [9.17, 15) is 13.2 Å². The van der Waals surface area contributed by atoms with Gasteiger partial charge in [0.1, 0.15) is 11.6 Å². The summed E-state index contributed by atoms with van der Waals surface area (Å²) >= 11 is 0. The molecule has 1 aliphatic carbocycles. The summed E-state index contributed by atoms with van der Waals surface area (Å²) in [5, 5.41) is 11.3. The van der Waals surface area contributed by atoms with Crippen molar-refractivity contribution in [1.82, 2.24) is 25.4 Å². The predicted molar refractivity (Wildman–Crippen MR) is 117 cm³/mol. The molecule has 2 aromatic rings. The second-order valence-corrected chi connectivity index (χ2v) is 8.92. The summed E-state index contributed by atoms with van der Waals surface area (Å²) in [6.45, 7) is 3.28. The van der Waals surface area contributed by atoms with Crippen LogP contribution in [-0.2, 0) is 18.1 Å². The van der Waals surface area contributed by atoms with Crippen LogP contribution in [0.2, 0.25) is 0 Å². The standard InChI is InChI=1S/C23H31F3N6/c1-16-29-20-19(10-7-13-32(20)31-16)30-21(27-2)28-15-22(11-4-3-5-12-22)17-8-6-9-18(14-17)23(24,25)26/h6,8-9,14,19H,3-5,7,10-13,15H2,1-2H3,(H2,27,28,30). The van der Waals surface area contributed by atoms with E-state index in [0.29, 0.717) is 12.5 Å². The number of fused-ring (bicyclic) bond motifs is 1. The molecule has 1 aromatic heterocycles. The molecule has 1 aliphatic heterocycles. The van der Waals surface area contributed by atoms with Gasteiger partial charge in [-0.05, 0) is 44.2 Å². The first-order chi connectivity index (χ1) is 15.3. The normalized spacial score (nSPS) is 21.2. The van der Waals surface area contributed by atoms with Gasteiger partial charge in [0.05, 0.1) is 11.6 Å². The Balaban J connectivity index is 1.51. The van der Waals surface area contributed by atoms with Gasteiger partial charge in [0.15, 0.2) is 5.96 Å². The maximum absolute atomic E-state index is 13.4. The Hall–Kier alpha value is -2.58. The van der Waals surface area contributed by atoms with Gasteiger partial charge < -0.3 is 10.6 Å². The van der Waals surface area contributed by atoms with Crippen molar-refractivity contribution < 1.29 is 13.2 Å². The van der Waals surface area contributed by atoms with Crippen LogP contribution < -0.4 is 10.6 Å². The SMILES string of the molecule is CN=C(NCC1(c2cccc(C(F)(F)F)c2)CCCCC1)NC1CCCn2nc(C)nc21. The topological polar surface area (TPSA) is 67.1 Å². The second kappa shape index (κ2) is 9.11. The monoisotopic (exact) mass is 448 g/mol. The molecule has 2 heterocycles. The van der Waals surface area contributed by atoms with Crippen molar-refractivity contribution in [3.8, 4) is 0 Å². The number of aliphatic imine (C=N–C) groups is 1. The van der Waals surface area contributed by atoms with Gasteiger partial charge in [-0.1, -0.05) is 37.5 Å². The summed E-state index contributed by atoms with van der Waals surface area (Å²) in [7, 11) is 1.71. The third kappa shape index (κ3) is 4.76. The third-order valence-electron chi connectivity index (χ3n) is 6.72. The summed E-state index contributed by atoms with van der Waals surface area (Å²) in [5.41, 5.74) is -0.178. The van der Waals surface area contributed by atoms with E-state index in [2.05, 4.69) is 25.7 Å². The molecule has 9 heteroatoms. The summed E-state index contributed by atoms with van der Waals surface area (Å²) in [6, 6.07) is 5.85. The molecule has 0 saturated heterocycles. The Kier molecular flexibility index (Phi) is 6.44. The zero-order chi connectivity index (χ0) is 22.8. The maximum atomic E-state index is 13.4. The molecule has 0 spiro atoms. The van der Waals surface area contributed by atoms with E-state index in [1.54, 1.807) is 7.05 Å². The number of nitrogens with zero attached hydrogens (tertiary/aromatic N) is 4. The number of hydrogen-bond acceptors (Lipinski definition) is 3. The van der Waals surface area contributed by atoms with Crippen LogP contribution in [0.3, 0.4) is 0 Å². The number of rotatable bonds is 4. The van der Waals surface area contributed by atoms with Crippen LogP contribution in [0.4, 0.5) is 13.2 Å². The fraction of sp³-hybridized carbons (Fsp3) is 0.609. The van der Waals surface area contributed by atoms with Crippen LogP contribution in [0.15, 0.2) is 29.3 Å². The molecule has 6 nitrogen and oxygen atoms in total. The molecule has 1 fully saturated rings. The maximum Gasteiger partial charge on any atom is 0.416 e. The average Bonchev–Trinajstić information content (AvgIpc) is 3.18. The van der Waals surface area contributed by atoms with Crippen LogP contribution in [0.1, 0.15) is 73.8 Å². The number of guanidine groups is 1. The molecular formula is C23H31F3N6. The van der Waals surface area contributed by atoms with Crippen molar-refractivity contribution in [2.24, 2.45) is 4.99 Å². The largest absolute Gasteiger partial charge is 0.416 e. The lowest BCUT2D eigenvalue weighted by molar-refractivity contribution is -0.137. The number of nitrogens with one attached hydrogen (secondary N) is 2. The Morgan fingerprint density at radius 2 is 2.00 bits per heavy atom. The highest BCUT2D eigenvalue weighted by Gasteiger charge is 2.37. The fourth-order valence-electron chi connectivity index (χ4n) is 5.04. The highest BCUT2D eigenvalue weighted by atomic mass is 19.4. The lowest BCUT2D eigenvalue weighted by Crippen LogP contribution is -2.48. The molecule has 174 valence electrons. The van der Waals surface area contributed by atoms with E-state index in [1.807, 2.05) is 17.7 Å². The first-order valence-corrected chi connectivity index (χ1v) is 11.4. The van der Waals surface area contributed by atoms with E-state index >= 15 is 0 Å². The minimum absolute atomic E-state index is 0.00649. The van der Waals surface area contributed by atoms with E-state index in [0.717, 1.165) is 74.8 Å². The van der Waals surface area contributed by atoms with Gasteiger partial charge in [-0.3, -0.25) is 4.99 Å². The Labute approximate surface area is 186 Å². The molecule has 1 aromatic carbocycles. The molecule has 4 rings (SSSR count). The number of benzene rings is 1. The van der Waals surface area contributed by atoms with E-state index in [-0.39, 0.29) is 11.5 Å². The van der Waals surface area contributed by atoms with Crippen molar-refractivity contribution in [3.63, 3.8) is 0 Å². The molecule has 1 saturated carbocycles. The first kappa shape index (κ1) is 22.6. The van der Waals surface area contributed by atoms with E-state index < -0.39 is 11.7 Å². The van der Waals surface area contributed by atoms with E-state index in [1.165, 1.54) is 12.1 Å². The summed E-state index contributed by atoms with van der Waals surface area (Å²) in [4.78, 5) is 8.95. The van der Waals surface area contributed by atoms with Crippen molar-refractivity contribution in [2.75, 3.05) is 13.6 Å². The Bertz CT molecular complexity index is 959. The Morgan fingerprint density at radius 3 is 2.72 bits per heavy atom. The van der Waals surface area contributed by atoms with Crippen LogP contribution in [-0.4, -0.2) is 34.3 Å². The van der Waals surface area contributed by atoms with Gasteiger partial charge in [0.25, 0.3) is 0 Å². The Morgan fingerprint density at radius 1 is 1.22 bits per heavy atom. The van der Waals surface area contributed by atoms with Gasteiger partial charge in [0.2, 0.25) is 0 Å².